The molecule has 1 fully saturated rings. The van der Waals surface area contributed by atoms with E-state index in [0.29, 0.717) is 30.6 Å². The standard InChI is InChI=1S/C19H20F3N3O4S/c20-19(21,22)13-3-5-16-12(10-13)2-1-8-24(16)18(27)15-4-6-17(26)25(23-15)14-7-9-30(28,29)11-14/h3,5,10,14H,1-2,4,6-9,11H2. The molecule has 30 heavy (non-hydrogen) atoms. The number of aryl methyl sites for hydroxylation is 1. The van der Waals surface area contributed by atoms with Crippen molar-refractivity contribution < 1.29 is 31.2 Å². The molecule has 0 radical (unpaired) electrons. The third-order valence-electron chi connectivity index (χ3n) is 5.63. The number of amides is 2. The second-order valence-electron chi connectivity index (χ2n) is 7.74. The van der Waals surface area contributed by atoms with Crippen molar-refractivity contribution in [1.82, 2.24) is 5.01 Å². The van der Waals surface area contributed by atoms with Crippen LogP contribution in [0.5, 0.6) is 0 Å². The number of sulfone groups is 1. The average Bonchev–Trinajstić information content (AvgIpc) is 3.05. The van der Waals surface area contributed by atoms with Gasteiger partial charge in [-0.2, -0.15) is 18.3 Å². The predicted molar refractivity (Wildman–Crippen MR) is 103 cm³/mol. The Bertz CT molecular complexity index is 1040. The Hall–Kier alpha value is -2.43. The summed E-state index contributed by atoms with van der Waals surface area (Å²) in [7, 11) is -3.23. The van der Waals surface area contributed by atoms with Crippen LogP contribution in [0, 0.1) is 0 Å². The van der Waals surface area contributed by atoms with Gasteiger partial charge in [0.05, 0.1) is 23.1 Å². The van der Waals surface area contributed by atoms with E-state index in [9.17, 15) is 31.2 Å². The van der Waals surface area contributed by atoms with Gasteiger partial charge < -0.3 is 4.90 Å². The maximum absolute atomic E-state index is 13.1. The first kappa shape index (κ1) is 20.8. The number of hydrazone groups is 1. The van der Waals surface area contributed by atoms with Crippen molar-refractivity contribution in [3.8, 4) is 0 Å². The number of carbonyl (C=O) groups excluding carboxylic acids is 2. The summed E-state index contributed by atoms with van der Waals surface area (Å²) < 4.78 is 62.5. The van der Waals surface area contributed by atoms with Crippen LogP contribution in [0.1, 0.15) is 36.8 Å². The fourth-order valence-corrected chi connectivity index (χ4v) is 5.81. The van der Waals surface area contributed by atoms with E-state index in [2.05, 4.69) is 5.10 Å². The van der Waals surface area contributed by atoms with E-state index >= 15 is 0 Å². The lowest BCUT2D eigenvalue weighted by atomic mass is 9.98. The summed E-state index contributed by atoms with van der Waals surface area (Å²) in [6.07, 6.45) is -3.10. The number of nitrogens with zero attached hydrogens (tertiary/aromatic N) is 3. The van der Waals surface area contributed by atoms with E-state index in [1.165, 1.54) is 11.0 Å². The van der Waals surface area contributed by atoms with Crippen molar-refractivity contribution in [3.63, 3.8) is 0 Å². The maximum Gasteiger partial charge on any atom is 0.416 e. The molecular weight excluding hydrogens is 423 g/mol. The molecular formula is C19H20F3N3O4S. The molecule has 3 aliphatic heterocycles. The van der Waals surface area contributed by atoms with Gasteiger partial charge in [0, 0.05) is 25.1 Å². The van der Waals surface area contributed by atoms with Crippen molar-refractivity contribution >= 4 is 33.1 Å². The number of hydrogen-bond acceptors (Lipinski definition) is 5. The summed E-state index contributed by atoms with van der Waals surface area (Å²) in [5.41, 5.74) is 0.209. The Morgan fingerprint density at radius 2 is 1.93 bits per heavy atom. The fourth-order valence-electron chi connectivity index (χ4n) is 4.12. The Morgan fingerprint density at radius 1 is 1.17 bits per heavy atom. The number of alkyl halides is 3. The van der Waals surface area contributed by atoms with Crippen molar-refractivity contribution in [3.05, 3.63) is 29.3 Å². The number of hydrogen-bond donors (Lipinski definition) is 0. The monoisotopic (exact) mass is 443 g/mol. The number of fused-ring (bicyclic) bond motifs is 1. The zero-order valence-electron chi connectivity index (χ0n) is 16.0. The largest absolute Gasteiger partial charge is 0.416 e. The molecule has 7 nitrogen and oxygen atoms in total. The Kier molecular flexibility index (Phi) is 5.11. The molecule has 0 bridgehead atoms. The van der Waals surface area contributed by atoms with Crippen LogP contribution in [0.4, 0.5) is 18.9 Å². The second-order valence-corrected chi connectivity index (χ2v) is 9.97. The summed E-state index contributed by atoms with van der Waals surface area (Å²) >= 11 is 0. The van der Waals surface area contributed by atoms with Gasteiger partial charge in [-0.15, -0.1) is 0 Å². The first-order chi connectivity index (χ1) is 14.0. The van der Waals surface area contributed by atoms with E-state index in [-0.39, 0.29) is 42.4 Å². The predicted octanol–water partition coefficient (Wildman–Crippen LogP) is 2.15. The third kappa shape index (κ3) is 3.94. The highest BCUT2D eigenvalue weighted by Crippen LogP contribution is 2.35. The molecule has 0 aromatic heterocycles. The first-order valence-corrected chi connectivity index (χ1v) is 11.5. The molecule has 0 aliphatic carbocycles. The minimum atomic E-state index is -4.46. The van der Waals surface area contributed by atoms with Crippen LogP contribution >= 0.6 is 0 Å². The van der Waals surface area contributed by atoms with Crippen LogP contribution < -0.4 is 4.90 Å². The van der Waals surface area contributed by atoms with Gasteiger partial charge in [0.25, 0.3) is 5.91 Å². The lowest BCUT2D eigenvalue weighted by Gasteiger charge is -2.33. The minimum Gasteiger partial charge on any atom is -0.307 e. The van der Waals surface area contributed by atoms with Gasteiger partial charge in [-0.1, -0.05) is 0 Å². The van der Waals surface area contributed by atoms with E-state index in [0.717, 1.165) is 17.1 Å². The number of anilines is 1. The second kappa shape index (κ2) is 7.36. The molecule has 1 aromatic rings. The minimum absolute atomic E-state index is 0.0265. The summed E-state index contributed by atoms with van der Waals surface area (Å²) in [6.45, 7) is 0.335. The van der Waals surface area contributed by atoms with E-state index in [1.54, 1.807) is 0 Å². The molecule has 1 aromatic carbocycles. The number of rotatable bonds is 2. The van der Waals surface area contributed by atoms with Gasteiger partial charge >= 0.3 is 6.18 Å². The average molecular weight is 443 g/mol. The first-order valence-electron chi connectivity index (χ1n) is 9.67. The summed E-state index contributed by atoms with van der Waals surface area (Å²) in [5, 5.41) is 5.29. The summed E-state index contributed by atoms with van der Waals surface area (Å²) in [5.74, 6) is -1.01. The van der Waals surface area contributed by atoms with E-state index in [1.807, 2.05) is 0 Å². The SMILES string of the molecule is O=C(C1=NN(C2CCS(=O)(=O)C2)C(=O)CC1)N1CCCc2cc(C(F)(F)F)ccc21. The maximum atomic E-state index is 13.1. The number of carbonyl (C=O) groups is 2. The van der Waals surface area contributed by atoms with Crippen molar-refractivity contribution in [2.24, 2.45) is 5.10 Å². The molecule has 11 heteroatoms. The topological polar surface area (TPSA) is 87.1 Å². The van der Waals surface area contributed by atoms with Gasteiger partial charge in [-0.25, -0.2) is 13.4 Å². The van der Waals surface area contributed by atoms with Gasteiger partial charge in [-0.05, 0) is 43.0 Å². The highest BCUT2D eigenvalue weighted by Gasteiger charge is 2.39. The van der Waals surface area contributed by atoms with E-state index < -0.39 is 33.5 Å². The molecule has 0 saturated carbocycles. The number of halogens is 3. The Labute approximate surface area is 171 Å². The van der Waals surface area contributed by atoms with Crippen LogP contribution in [0.15, 0.2) is 23.3 Å². The molecule has 0 spiro atoms. The molecule has 3 heterocycles. The third-order valence-corrected chi connectivity index (χ3v) is 7.38. The highest BCUT2D eigenvalue weighted by molar-refractivity contribution is 7.91. The van der Waals surface area contributed by atoms with Crippen molar-refractivity contribution in [2.45, 2.75) is 44.3 Å². The smallest absolute Gasteiger partial charge is 0.307 e. The zero-order valence-corrected chi connectivity index (χ0v) is 16.8. The Morgan fingerprint density at radius 3 is 2.60 bits per heavy atom. The van der Waals surface area contributed by atoms with Crippen molar-refractivity contribution in [1.29, 1.82) is 0 Å². The normalized spacial score (nSPS) is 23.9. The molecule has 162 valence electrons. The lowest BCUT2D eigenvalue weighted by Crippen LogP contribution is -2.46. The van der Waals surface area contributed by atoms with Crippen LogP contribution in [0.3, 0.4) is 0 Å². The lowest BCUT2D eigenvalue weighted by molar-refractivity contribution is -0.137. The highest BCUT2D eigenvalue weighted by atomic mass is 32.2. The molecule has 2 amide bonds. The molecule has 0 N–H and O–H groups in total. The van der Waals surface area contributed by atoms with Crippen LogP contribution in [0.2, 0.25) is 0 Å². The van der Waals surface area contributed by atoms with Crippen LogP contribution in [-0.4, -0.2) is 55.0 Å². The van der Waals surface area contributed by atoms with Gasteiger partial charge in [0.1, 0.15) is 5.71 Å². The Balaban J connectivity index is 1.61. The van der Waals surface area contributed by atoms with Gasteiger partial charge in [-0.3, -0.25) is 9.59 Å². The molecule has 3 aliphatic rings. The summed E-state index contributed by atoms with van der Waals surface area (Å²) in [4.78, 5) is 26.8. The molecule has 1 saturated heterocycles. The number of benzene rings is 1. The van der Waals surface area contributed by atoms with Crippen LogP contribution in [0.25, 0.3) is 0 Å². The molecule has 4 rings (SSSR count). The van der Waals surface area contributed by atoms with Crippen molar-refractivity contribution in [2.75, 3.05) is 23.0 Å². The molecule has 1 atom stereocenters. The summed E-state index contributed by atoms with van der Waals surface area (Å²) in [6, 6.07) is 2.72. The van der Waals surface area contributed by atoms with E-state index in [4.69, 9.17) is 0 Å². The fraction of sp³-hybridized carbons (Fsp3) is 0.526. The molecule has 1 unspecified atom stereocenters. The van der Waals surface area contributed by atoms with Gasteiger partial charge in [0.2, 0.25) is 5.91 Å². The zero-order chi connectivity index (χ0) is 21.7. The van der Waals surface area contributed by atoms with Gasteiger partial charge in [0.15, 0.2) is 9.84 Å². The quantitative estimate of drug-likeness (QED) is 0.701. The van der Waals surface area contributed by atoms with Crippen LogP contribution in [-0.2, 0) is 32.0 Å².